The van der Waals surface area contributed by atoms with Crippen molar-refractivity contribution in [3.8, 4) is 0 Å². The summed E-state index contributed by atoms with van der Waals surface area (Å²) in [5.74, 6) is -1.09. The largest absolute Gasteiger partial charge is 0.469 e. The van der Waals surface area contributed by atoms with Crippen LogP contribution in [0.3, 0.4) is 0 Å². The molecule has 0 saturated heterocycles. The van der Waals surface area contributed by atoms with Gasteiger partial charge in [0.25, 0.3) is 0 Å². The maximum absolute atomic E-state index is 11.9. The van der Waals surface area contributed by atoms with E-state index >= 15 is 0 Å². The zero-order valence-corrected chi connectivity index (χ0v) is 16.4. The van der Waals surface area contributed by atoms with Crippen molar-refractivity contribution in [2.45, 2.75) is 45.3 Å². The second-order valence-electron chi connectivity index (χ2n) is 6.85. The van der Waals surface area contributed by atoms with Crippen LogP contribution in [0.5, 0.6) is 0 Å². The van der Waals surface area contributed by atoms with E-state index in [1.54, 1.807) is 39.0 Å². The molecule has 0 radical (unpaired) electrons. The molecule has 9 heteroatoms. The Balaban J connectivity index is 2.16. The SMILES string of the molecule is COC(=O)CC(=O)CC(O)c1cccc2sc(NC(=O)OC(C)(C)C)nc12. The zero-order valence-electron chi connectivity index (χ0n) is 15.6. The number of ketones is 1. The van der Waals surface area contributed by atoms with E-state index in [1.807, 2.05) is 0 Å². The molecule has 0 aliphatic carbocycles. The van der Waals surface area contributed by atoms with Gasteiger partial charge in [-0.15, -0.1) is 0 Å². The Kier molecular flexibility index (Phi) is 6.50. The van der Waals surface area contributed by atoms with Gasteiger partial charge in [0.1, 0.15) is 17.8 Å². The number of aliphatic hydroxyl groups excluding tert-OH is 1. The third kappa shape index (κ3) is 6.00. The molecule has 27 heavy (non-hydrogen) atoms. The van der Waals surface area contributed by atoms with E-state index in [1.165, 1.54) is 18.4 Å². The number of hydrogen-bond acceptors (Lipinski definition) is 8. The molecule has 0 aliphatic rings. The van der Waals surface area contributed by atoms with Gasteiger partial charge in [-0.3, -0.25) is 14.9 Å². The lowest BCUT2D eigenvalue weighted by atomic mass is 10.0. The van der Waals surface area contributed by atoms with Gasteiger partial charge in [0.2, 0.25) is 0 Å². The fourth-order valence-electron chi connectivity index (χ4n) is 2.31. The van der Waals surface area contributed by atoms with Crippen molar-refractivity contribution in [3.63, 3.8) is 0 Å². The third-order valence-corrected chi connectivity index (χ3v) is 4.34. The summed E-state index contributed by atoms with van der Waals surface area (Å²) in [6.45, 7) is 5.26. The predicted molar refractivity (Wildman–Crippen MR) is 101 cm³/mol. The highest BCUT2D eigenvalue weighted by atomic mass is 32.1. The molecule has 1 unspecified atom stereocenters. The fourth-order valence-corrected chi connectivity index (χ4v) is 3.20. The number of benzene rings is 1. The molecule has 2 N–H and O–H groups in total. The fraction of sp³-hybridized carbons (Fsp3) is 0.444. The minimum absolute atomic E-state index is 0.236. The van der Waals surface area contributed by atoms with Crippen LogP contribution in [0, 0.1) is 0 Å². The molecule has 8 nitrogen and oxygen atoms in total. The number of nitrogens with one attached hydrogen (secondary N) is 1. The van der Waals surface area contributed by atoms with Gasteiger partial charge >= 0.3 is 12.1 Å². The molecular weight excluding hydrogens is 372 g/mol. The standard InChI is InChI=1S/C18H22N2O6S/c1-18(2,3)26-17(24)20-16-19-15-11(6-5-7-13(15)27-16)12(22)8-10(21)9-14(23)25-4/h5-7,12,22H,8-9H2,1-4H3,(H,19,20,24). The monoisotopic (exact) mass is 394 g/mol. The Bertz CT molecular complexity index is 855. The van der Waals surface area contributed by atoms with Gasteiger partial charge in [-0.05, 0) is 26.8 Å². The first-order valence-electron chi connectivity index (χ1n) is 8.25. The number of Topliss-reactive ketones (excluding diaryl/α,β-unsaturated/α-hetero) is 1. The van der Waals surface area contributed by atoms with Crippen LogP contribution in [-0.2, 0) is 19.1 Å². The average molecular weight is 394 g/mol. The Morgan fingerprint density at radius 3 is 2.63 bits per heavy atom. The van der Waals surface area contributed by atoms with Crippen molar-refractivity contribution >= 4 is 44.5 Å². The molecule has 0 spiro atoms. The summed E-state index contributed by atoms with van der Waals surface area (Å²) in [6.07, 6.45) is -2.38. The quantitative estimate of drug-likeness (QED) is 0.571. The second kappa shape index (κ2) is 8.45. The number of nitrogens with zero attached hydrogens (tertiary/aromatic N) is 1. The molecule has 0 saturated carbocycles. The Labute approximate surface area is 160 Å². The Morgan fingerprint density at radius 1 is 1.30 bits per heavy atom. The van der Waals surface area contributed by atoms with Gasteiger partial charge in [-0.25, -0.2) is 9.78 Å². The van der Waals surface area contributed by atoms with Gasteiger partial charge in [0.15, 0.2) is 5.13 Å². The zero-order chi connectivity index (χ0) is 20.2. The average Bonchev–Trinajstić information content (AvgIpc) is 2.94. The van der Waals surface area contributed by atoms with Crippen LogP contribution in [0.1, 0.15) is 45.3 Å². The molecule has 2 aromatic rings. The third-order valence-electron chi connectivity index (χ3n) is 3.41. The molecule has 0 bridgehead atoms. The molecule has 2 rings (SSSR count). The first-order chi connectivity index (χ1) is 12.6. The molecule has 0 aliphatic heterocycles. The summed E-state index contributed by atoms with van der Waals surface area (Å²) in [7, 11) is 1.20. The van der Waals surface area contributed by atoms with Gasteiger partial charge < -0.3 is 14.6 Å². The first kappa shape index (κ1) is 20.8. The number of methoxy groups -OCH3 is 1. The van der Waals surface area contributed by atoms with E-state index in [-0.39, 0.29) is 6.42 Å². The molecular formula is C18H22N2O6S. The lowest BCUT2D eigenvalue weighted by molar-refractivity contribution is -0.143. The number of rotatable bonds is 6. The van der Waals surface area contributed by atoms with Gasteiger partial charge in [-0.1, -0.05) is 23.5 Å². The number of aliphatic hydroxyl groups is 1. The van der Waals surface area contributed by atoms with Crippen LogP contribution in [0.4, 0.5) is 9.93 Å². The van der Waals surface area contributed by atoms with Gasteiger partial charge in [0.05, 0.1) is 23.4 Å². The summed E-state index contributed by atoms with van der Waals surface area (Å²) >= 11 is 1.22. The number of thiazole rings is 1. The maximum Gasteiger partial charge on any atom is 0.413 e. The van der Waals surface area contributed by atoms with Crippen LogP contribution >= 0.6 is 11.3 Å². The van der Waals surface area contributed by atoms with Crippen molar-refractivity contribution in [2.24, 2.45) is 0 Å². The Morgan fingerprint density at radius 2 is 2.00 bits per heavy atom. The van der Waals surface area contributed by atoms with Gasteiger partial charge in [-0.2, -0.15) is 0 Å². The summed E-state index contributed by atoms with van der Waals surface area (Å²) in [4.78, 5) is 39.3. The van der Waals surface area contributed by atoms with Crippen LogP contribution in [-0.4, -0.2) is 40.6 Å². The van der Waals surface area contributed by atoms with Gasteiger partial charge in [0, 0.05) is 12.0 Å². The van der Waals surface area contributed by atoms with Crippen molar-refractivity contribution < 1.29 is 29.0 Å². The number of fused-ring (bicyclic) bond motifs is 1. The number of para-hydroxylation sites is 1. The number of esters is 1. The summed E-state index contributed by atoms with van der Waals surface area (Å²) < 4.78 is 10.4. The lowest BCUT2D eigenvalue weighted by Gasteiger charge is -2.18. The highest BCUT2D eigenvalue weighted by Crippen LogP contribution is 2.32. The number of anilines is 1. The van der Waals surface area contributed by atoms with Crippen LogP contribution < -0.4 is 5.32 Å². The topological polar surface area (TPSA) is 115 Å². The molecule has 1 atom stereocenters. The molecule has 146 valence electrons. The van der Waals surface area contributed by atoms with E-state index < -0.39 is 36.0 Å². The van der Waals surface area contributed by atoms with Crippen LogP contribution in [0.25, 0.3) is 10.2 Å². The van der Waals surface area contributed by atoms with E-state index in [0.717, 1.165) is 4.70 Å². The summed E-state index contributed by atoms with van der Waals surface area (Å²) in [5.41, 5.74) is 0.286. The van der Waals surface area contributed by atoms with Crippen LogP contribution in [0.15, 0.2) is 18.2 Å². The van der Waals surface area contributed by atoms with Crippen LogP contribution in [0.2, 0.25) is 0 Å². The Hall–Kier alpha value is -2.52. The first-order valence-corrected chi connectivity index (χ1v) is 9.06. The molecule has 1 aromatic carbocycles. The lowest BCUT2D eigenvalue weighted by Crippen LogP contribution is -2.27. The number of ether oxygens (including phenoxy) is 2. The van der Waals surface area contributed by atoms with E-state index in [2.05, 4.69) is 15.0 Å². The van der Waals surface area contributed by atoms with E-state index in [9.17, 15) is 19.5 Å². The van der Waals surface area contributed by atoms with Crippen molar-refractivity contribution in [3.05, 3.63) is 23.8 Å². The van der Waals surface area contributed by atoms with Crippen molar-refractivity contribution in [1.29, 1.82) is 0 Å². The van der Waals surface area contributed by atoms with E-state index in [0.29, 0.717) is 16.2 Å². The highest BCUT2D eigenvalue weighted by molar-refractivity contribution is 7.22. The molecule has 0 fully saturated rings. The number of amides is 1. The minimum atomic E-state index is -1.12. The highest BCUT2D eigenvalue weighted by Gasteiger charge is 2.21. The van der Waals surface area contributed by atoms with E-state index in [4.69, 9.17) is 4.74 Å². The molecule has 1 aromatic heterocycles. The predicted octanol–water partition coefficient (Wildman–Crippen LogP) is 3.20. The van der Waals surface area contributed by atoms with Crippen molar-refractivity contribution in [2.75, 3.05) is 12.4 Å². The maximum atomic E-state index is 11.9. The number of carbonyl (C=O) groups excluding carboxylic acids is 3. The number of aromatic nitrogens is 1. The summed E-state index contributed by atoms with van der Waals surface area (Å²) in [5, 5.41) is 13.3. The molecule has 1 amide bonds. The number of carbonyl (C=O) groups is 3. The van der Waals surface area contributed by atoms with Crippen molar-refractivity contribution in [1.82, 2.24) is 4.98 Å². The smallest absolute Gasteiger partial charge is 0.413 e. The normalized spacial score (nSPS) is 12.5. The number of hydrogen-bond donors (Lipinski definition) is 2. The summed E-state index contributed by atoms with van der Waals surface area (Å²) in [6, 6.07) is 5.16. The minimum Gasteiger partial charge on any atom is -0.469 e. The second-order valence-corrected chi connectivity index (χ2v) is 7.88. The molecule has 1 heterocycles.